The van der Waals surface area contributed by atoms with E-state index in [4.69, 9.17) is 9.84 Å². The predicted octanol–water partition coefficient (Wildman–Crippen LogP) is 2.74. The summed E-state index contributed by atoms with van der Waals surface area (Å²) in [7, 11) is 3.72. The number of hydrogen-bond donors (Lipinski definition) is 1. The highest BCUT2D eigenvalue weighted by Crippen LogP contribution is 2.23. The zero-order valence-electron chi connectivity index (χ0n) is 11.6. The second-order valence-electron chi connectivity index (χ2n) is 4.32. The molecule has 3 nitrogen and oxygen atoms in total. The number of ether oxygens (including phenoxy) is 1. The number of anilines is 1. The van der Waals surface area contributed by atoms with Crippen molar-refractivity contribution in [3.8, 4) is 17.6 Å². The number of benzene rings is 1. The smallest absolute Gasteiger partial charge is 0.120 e. The van der Waals surface area contributed by atoms with Crippen LogP contribution in [0.25, 0.3) is 0 Å². The van der Waals surface area contributed by atoms with Gasteiger partial charge in [0.2, 0.25) is 0 Å². The Balaban J connectivity index is 2.06. The molecule has 0 radical (unpaired) electrons. The van der Waals surface area contributed by atoms with Gasteiger partial charge in [0.1, 0.15) is 12.4 Å². The average molecular weight is 287 g/mol. The van der Waals surface area contributed by atoms with Gasteiger partial charge in [0, 0.05) is 34.6 Å². The van der Waals surface area contributed by atoms with Crippen LogP contribution in [0.2, 0.25) is 0 Å². The van der Waals surface area contributed by atoms with Gasteiger partial charge in [-0.1, -0.05) is 17.9 Å². The summed E-state index contributed by atoms with van der Waals surface area (Å²) in [5.41, 5.74) is 2.07. The lowest BCUT2D eigenvalue weighted by molar-refractivity contribution is 0.350. The van der Waals surface area contributed by atoms with Crippen LogP contribution in [0.5, 0.6) is 5.75 Å². The van der Waals surface area contributed by atoms with E-state index in [1.54, 1.807) is 18.4 Å². The fourth-order valence-corrected chi connectivity index (χ4v) is 2.71. The highest BCUT2D eigenvalue weighted by Gasteiger charge is 2.05. The summed E-state index contributed by atoms with van der Waals surface area (Å²) < 4.78 is 5.24. The third kappa shape index (κ3) is 3.77. The van der Waals surface area contributed by atoms with Crippen LogP contribution in [-0.2, 0) is 6.54 Å². The maximum atomic E-state index is 8.69. The summed E-state index contributed by atoms with van der Waals surface area (Å²) in [4.78, 5) is 3.40. The summed E-state index contributed by atoms with van der Waals surface area (Å²) in [6.07, 6.45) is 0. The normalized spacial score (nSPS) is 9.75. The first-order chi connectivity index (χ1) is 9.72. The molecule has 1 heterocycles. The molecular weight excluding hydrogens is 270 g/mol. The number of aliphatic hydroxyl groups is 1. The Kier molecular flexibility index (Phi) is 5.05. The zero-order valence-corrected chi connectivity index (χ0v) is 12.4. The van der Waals surface area contributed by atoms with Gasteiger partial charge in [0.05, 0.1) is 13.7 Å². The number of hydrogen-bond acceptors (Lipinski definition) is 4. The first-order valence-corrected chi connectivity index (χ1v) is 7.13. The molecule has 2 rings (SSSR count). The van der Waals surface area contributed by atoms with Gasteiger partial charge in [-0.05, 0) is 18.2 Å². The van der Waals surface area contributed by atoms with Crippen molar-refractivity contribution in [1.82, 2.24) is 0 Å². The van der Waals surface area contributed by atoms with Gasteiger partial charge < -0.3 is 14.7 Å². The van der Waals surface area contributed by atoms with Gasteiger partial charge in [-0.25, -0.2) is 0 Å². The van der Waals surface area contributed by atoms with Crippen molar-refractivity contribution in [2.45, 2.75) is 6.54 Å². The number of thiophene rings is 1. The highest BCUT2D eigenvalue weighted by atomic mass is 32.1. The van der Waals surface area contributed by atoms with Crippen molar-refractivity contribution >= 4 is 17.0 Å². The van der Waals surface area contributed by atoms with Crippen LogP contribution in [0.15, 0.2) is 35.7 Å². The molecule has 1 aromatic heterocycles. The van der Waals surface area contributed by atoms with Crippen LogP contribution in [0, 0.1) is 11.8 Å². The molecule has 2 aromatic rings. The highest BCUT2D eigenvalue weighted by molar-refractivity contribution is 7.10. The summed E-state index contributed by atoms with van der Waals surface area (Å²) in [6.45, 7) is 0.716. The molecule has 104 valence electrons. The number of methoxy groups -OCH3 is 1. The average Bonchev–Trinajstić information content (AvgIpc) is 2.92. The van der Waals surface area contributed by atoms with E-state index >= 15 is 0 Å². The Morgan fingerprint density at radius 1 is 1.35 bits per heavy atom. The lowest BCUT2D eigenvalue weighted by atomic mass is 10.2. The van der Waals surface area contributed by atoms with Crippen molar-refractivity contribution in [2.75, 3.05) is 25.7 Å². The third-order valence-electron chi connectivity index (χ3n) is 2.85. The van der Waals surface area contributed by atoms with Crippen LogP contribution in [0.3, 0.4) is 0 Å². The molecule has 0 saturated carbocycles. The van der Waals surface area contributed by atoms with Gasteiger partial charge in [-0.2, -0.15) is 0 Å². The molecule has 0 unspecified atom stereocenters. The molecule has 0 saturated heterocycles. The molecule has 0 fully saturated rings. The van der Waals surface area contributed by atoms with Crippen LogP contribution < -0.4 is 9.64 Å². The van der Waals surface area contributed by atoms with E-state index in [1.165, 1.54) is 4.88 Å². The predicted molar refractivity (Wildman–Crippen MR) is 83.4 cm³/mol. The fourth-order valence-electron chi connectivity index (χ4n) is 1.84. The molecule has 0 amide bonds. The SMILES string of the molecule is COc1cccc(N(C)Cc2cc(C#CCO)cs2)c1. The molecule has 0 aliphatic carbocycles. The van der Waals surface area contributed by atoms with Crippen molar-refractivity contribution in [3.05, 3.63) is 46.2 Å². The Bertz CT molecular complexity index is 625. The van der Waals surface area contributed by atoms with Crippen molar-refractivity contribution in [2.24, 2.45) is 0 Å². The largest absolute Gasteiger partial charge is 0.497 e. The molecule has 0 bridgehead atoms. The lowest BCUT2D eigenvalue weighted by Gasteiger charge is -2.18. The minimum atomic E-state index is -0.102. The van der Waals surface area contributed by atoms with Gasteiger partial charge in [-0.3, -0.25) is 0 Å². The van der Waals surface area contributed by atoms with Gasteiger partial charge in [0.25, 0.3) is 0 Å². The van der Waals surface area contributed by atoms with E-state index in [2.05, 4.69) is 28.9 Å². The van der Waals surface area contributed by atoms with Crippen LogP contribution in [0.1, 0.15) is 10.4 Å². The van der Waals surface area contributed by atoms with E-state index < -0.39 is 0 Å². The quantitative estimate of drug-likeness (QED) is 0.878. The standard InChI is InChI=1S/C16H17NO2S/c1-17(14-6-3-7-15(10-14)19-2)11-16-9-13(12-20-16)5-4-8-18/h3,6-7,9-10,12,18H,8,11H2,1-2H3. The van der Waals surface area contributed by atoms with Crippen LogP contribution in [0.4, 0.5) is 5.69 Å². The summed E-state index contributed by atoms with van der Waals surface area (Å²) >= 11 is 1.68. The summed E-state index contributed by atoms with van der Waals surface area (Å²) in [5, 5.41) is 10.7. The molecule has 0 atom stereocenters. The first kappa shape index (κ1) is 14.4. The molecule has 20 heavy (non-hydrogen) atoms. The number of nitrogens with zero attached hydrogens (tertiary/aromatic N) is 1. The molecule has 0 aliphatic heterocycles. The molecule has 0 aliphatic rings. The molecule has 1 aromatic carbocycles. The zero-order chi connectivity index (χ0) is 14.4. The van der Waals surface area contributed by atoms with E-state index in [0.29, 0.717) is 0 Å². The molecule has 0 spiro atoms. The van der Waals surface area contributed by atoms with E-state index in [1.807, 2.05) is 30.6 Å². The van der Waals surface area contributed by atoms with Crippen LogP contribution in [-0.4, -0.2) is 25.9 Å². The number of aliphatic hydroxyl groups excluding tert-OH is 1. The molecule has 1 N–H and O–H groups in total. The van der Waals surface area contributed by atoms with Crippen molar-refractivity contribution < 1.29 is 9.84 Å². The van der Waals surface area contributed by atoms with Gasteiger partial charge >= 0.3 is 0 Å². The van der Waals surface area contributed by atoms with E-state index in [-0.39, 0.29) is 6.61 Å². The minimum Gasteiger partial charge on any atom is -0.497 e. The van der Waals surface area contributed by atoms with Crippen molar-refractivity contribution in [1.29, 1.82) is 0 Å². The molecule has 4 heteroatoms. The first-order valence-electron chi connectivity index (χ1n) is 6.25. The Morgan fingerprint density at radius 3 is 2.95 bits per heavy atom. The maximum absolute atomic E-state index is 8.69. The summed E-state index contributed by atoms with van der Waals surface area (Å²) in [6, 6.07) is 10.1. The monoisotopic (exact) mass is 287 g/mol. The van der Waals surface area contributed by atoms with Crippen molar-refractivity contribution in [3.63, 3.8) is 0 Å². The molecular formula is C16H17NO2S. The lowest BCUT2D eigenvalue weighted by Crippen LogP contribution is -2.15. The van der Waals surface area contributed by atoms with Gasteiger partial charge in [0.15, 0.2) is 0 Å². The van der Waals surface area contributed by atoms with Gasteiger partial charge in [-0.15, -0.1) is 11.3 Å². The second-order valence-corrected chi connectivity index (χ2v) is 5.31. The maximum Gasteiger partial charge on any atom is 0.120 e. The van der Waals surface area contributed by atoms with E-state index in [9.17, 15) is 0 Å². The minimum absolute atomic E-state index is 0.102. The topological polar surface area (TPSA) is 32.7 Å². The third-order valence-corrected chi connectivity index (χ3v) is 3.77. The second kappa shape index (κ2) is 6.99. The Morgan fingerprint density at radius 2 is 2.20 bits per heavy atom. The fraction of sp³-hybridized carbons (Fsp3) is 0.250. The van der Waals surface area contributed by atoms with Crippen LogP contribution >= 0.6 is 11.3 Å². The summed E-state index contributed by atoms with van der Waals surface area (Å²) in [5.74, 6) is 6.43. The Hall–Kier alpha value is -1.96. The number of rotatable bonds is 4. The van der Waals surface area contributed by atoms with E-state index in [0.717, 1.165) is 23.5 Å². The Labute approximate surface area is 123 Å².